The minimum absolute atomic E-state index is 0.0397. The van der Waals surface area contributed by atoms with E-state index in [1.807, 2.05) is 31.2 Å². The van der Waals surface area contributed by atoms with Gasteiger partial charge in [-0.2, -0.15) is 0 Å². The van der Waals surface area contributed by atoms with Crippen LogP contribution in [0.2, 0.25) is 0 Å². The van der Waals surface area contributed by atoms with Gasteiger partial charge in [0.2, 0.25) is 5.16 Å². The molecule has 0 aliphatic carbocycles. The highest BCUT2D eigenvalue weighted by molar-refractivity contribution is 7.98. The number of benzene rings is 2. The van der Waals surface area contributed by atoms with Crippen molar-refractivity contribution in [2.75, 3.05) is 0 Å². The van der Waals surface area contributed by atoms with Gasteiger partial charge in [-0.05, 0) is 44.0 Å². The summed E-state index contributed by atoms with van der Waals surface area (Å²) in [7, 11) is 0. The second kappa shape index (κ2) is 7.04. The number of pyridine rings is 1. The summed E-state index contributed by atoms with van der Waals surface area (Å²) in [6, 6.07) is 13.7. The molecule has 0 spiro atoms. The lowest BCUT2D eigenvalue weighted by Crippen LogP contribution is -2.06. The van der Waals surface area contributed by atoms with E-state index in [1.54, 1.807) is 6.07 Å². The van der Waals surface area contributed by atoms with Crippen molar-refractivity contribution in [2.24, 2.45) is 0 Å². The van der Waals surface area contributed by atoms with Gasteiger partial charge in [0.05, 0.1) is 5.52 Å². The number of hydrogen-bond donors (Lipinski definition) is 2. The lowest BCUT2D eigenvalue weighted by molar-refractivity contribution is 0.972. The summed E-state index contributed by atoms with van der Waals surface area (Å²) < 4.78 is 0. The molecule has 0 radical (unpaired) electrons. The first-order valence-corrected chi connectivity index (χ1v) is 9.74. The van der Waals surface area contributed by atoms with Gasteiger partial charge in [-0.15, -0.1) is 5.10 Å². The Bertz CT molecular complexity index is 1190. The Morgan fingerprint density at radius 3 is 2.74 bits per heavy atom. The van der Waals surface area contributed by atoms with E-state index in [1.165, 1.54) is 22.9 Å². The minimum Gasteiger partial charge on any atom is -0.357 e. The van der Waals surface area contributed by atoms with Crippen LogP contribution in [0.5, 0.6) is 0 Å². The molecule has 5 nitrogen and oxygen atoms in total. The number of rotatable bonds is 4. The van der Waals surface area contributed by atoms with Crippen LogP contribution < -0.4 is 5.43 Å². The molecule has 2 heterocycles. The summed E-state index contributed by atoms with van der Waals surface area (Å²) in [4.78, 5) is 20.4. The average Bonchev–Trinajstić information content (AvgIpc) is 3.12. The molecule has 0 amide bonds. The normalized spacial score (nSPS) is 11.2. The second-order valence-electron chi connectivity index (χ2n) is 6.71. The standard InChI is InChI=1S/C21H20N4OS/c1-12-5-4-6-15(9-12)20-23-21(25-24-20)27-11-16-10-18(26)17-8-7-13(2)14(3)19(17)22-16/h4-10H,11H2,1-3H3,(H,22,26)(H,23,24,25). The molecule has 0 aliphatic heterocycles. The van der Waals surface area contributed by atoms with Crippen LogP contribution in [0.15, 0.2) is 52.4 Å². The summed E-state index contributed by atoms with van der Waals surface area (Å²) in [5.41, 5.74) is 6.28. The van der Waals surface area contributed by atoms with E-state index in [4.69, 9.17) is 0 Å². The van der Waals surface area contributed by atoms with Crippen LogP contribution in [-0.2, 0) is 5.75 Å². The SMILES string of the molecule is Cc1cccc(-c2nc(SCc3cc(=O)c4ccc(C)c(C)c4[nH]3)n[nH]2)c1. The molecule has 2 N–H and O–H groups in total. The first-order valence-electron chi connectivity index (χ1n) is 8.75. The van der Waals surface area contributed by atoms with E-state index in [2.05, 4.69) is 46.1 Å². The van der Waals surface area contributed by atoms with Crippen molar-refractivity contribution < 1.29 is 0 Å². The van der Waals surface area contributed by atoms with Crippen molar-refractivity contribution in [3.05, 3.63) is 75.1 Å². The molecular weight excluding hydrogens is 356 g/mol. The molecule has 0 atom stereocenters. The van der Waals surface area contributed by atoms with Crippen LogP contribution in [0.1, 0.15) is 22.4 Å². The van der Waals surface area contributed by atoms with Crippen LogP contribution in [0.4, 0.5) is 0 Å². The fourth-order valence-electron chi connectivity index (χ4n) is 3.07. The predicted octanol–water partition coefficient (Wildman–Crippen LogP) is 4.53. The number of fused-ring (bicyclic) bond motifs is 1. The molecule has 27 heavy (non-hydrogen) atoms. The highest BCUT2D eigenvalue weighted by Gasteiger charge is 2.10. The fourth-order valence-corrected chi connectivity index (χ4v) is 3.77. The van der Waals surface area contributed by atoms with Crippen molar-refractivity contribution in [3.63, 3.8) is 0 Å². The zero-order chi connectivity index (χ0) is 19.0. The zero-order valence-electron chi connectivity index (χ0n) is 15.5. The summed E-state index contributed by atoms with van der Waals surface area (Å²) in [6.07, 6.45) is 0. The van der Waals surface area contributed by atoms with Crippen LogP contribution in [-0.4, -0.2) is 20.2 Å². The molecule has 136 valence electrons. The van der Waals surface area contributed by atoms with Crippen molar-refractivity contribution >= 4 is 22.7 Å². The third-order valence-electron chi connectivity index (χ3n) is 4.71. The zero-order valence-corrected chi connectivity index (χ0v) is 16.3. The van der Waals surface area contributed by atoms with Crippen molar-refractivity contribution in [1.82, 2.24) is 20.2 Å². The maximum Gasteiger partial charge on any atom is 0.209 e. The van der Waals surface area contributed by atoms with Gasteiger partial charge in [-0.25, -0.2) is 4.98 Å². The Hall–Kier alpha value is -2.86. The molecule has 0 fully saturated rings. The molecule has 2 aromatic heterocycles. The number of aromatic amines is 2. The van der Waals surface area contributed by atoms with E-state index in [0.717, 1.165) is 33.5 Å². The molecule has 0 saturated carbocycles. The quantitative estimate of drug-likeness (QED) is 0.513. The summed E-state index contributed by atoms with van der Waals surface area (Å²) in [5.74, 6) is 1.35. The average molecular weight is 376 g/mol. The lowest BCUT2D eigenvalue weighted by atomic mass is 10.0. The van der Waals surface area contributed by atoms with E-state index in [0.29, 0.717) is 10.9 Å². The molecule has 0 saturated heterocycles. The Kier molecular flexibility index (Phi) is 4.58. The van der Waals surface area contributed by atoms with Gasteiger partial charge in [0, 0.05) is 28.5 Å². The predicted molar refractivity (Wildman–Crippen MR) is 110 cm³/mol. The topological polar surface area (TPSA) is 74.4 Å². The fraction of sp³-hybridized carbons (Fsp3) is 0.190. The molecule has 0 unspecified atom stereocenters. The van der Waals surface area contributed by atoms with E-state index < -0.39 is 0 Å². The first-order chi connectivity index (χ1) is 13.0. The van der Waals surface area contributed by atoms with Gasteiger partial charge >= 0.3 is 0 Å². The molecule has 2 aromatic carbocycles. The summed E-state index contributed by atoms with van der Waals surface area (Å²) in [6.45, 7) is 6.14. The van der Waals surface area contributed by atoms with Crippen molar-refractivity contribution in [2.45, 2.75) is 31.7 Å². The van der Waals surface area contributed by atoms with Crippen LogP contribution in [0, 0.1) is 20.8 Å². The highest BCUT2D eigenvalue weighted by atomic mass is 32.2. The third kappa shape index (κ3) is 3.53. The Morgan fingerprint density at radius 2 is 1.93 bits per heavy atom. The number of nitrogens with zero attached hydrogens (tertiary/aromatic N) is 2. The van der Waals surface area contributed by atoms with E-state index in [9.17, 15) is 4.79 Å². The summed E-state index contributed by atoms with van der Waals surface area (Å²) in [5, 5.41) is 8.67. The van der Waals surface area contributed by atoms with Gasteiger partial charge in [-0.3, -0.25) is 9.89 Å². The van der Waals surface area contributed by atoms with Crippen molar-refractivity contribution in [3.8, 4) is 11.4 Å². The molecular formula is C21H20N4OS. The Balaban J connectivity index is 1.57. The number of hydrogen-bond acceptors (Lipinski definition) is 4. The Morgan fingerprint density at radius 1 is 1.07 bits per heavy atom. The lowest BCUT2D eigenvalue weighted by Gasteiger charge is -2.08. The highest BCUT2D eigenvalue weighted by Crippen LogP contribution is 2.23. The van der Waals surface area contributed by atoms with E-state index in [-0.39, 0.29) is 5.43 Å². The second-order valence-corrected chi connectivity index (χ2v) is 7.66. The monoisotopic (exact) mass is 376 g/mol. The van der Waals surface area contributed by atoms with Crippen LogP contribution in [0.25, 0.3) is 22.3 Å². The molecule has 4 rings (SSSR count). The maximum absolute atomic E-state index is 12.4. The van der Waals surface area contributed by atoms with Crippen molar-refractivity contribution in [1.29, 1.82) is 0 Å². The van der Waals surface area contributed by atoms with Gasteiger partial charge in [0.15, 0.2) is 11.3 Å². The van der Waals surface area contributed by atoms with Gasteiger partial charge in [0.25, 0.3) is 0 Å². The third-order valence-corrected chi connectivity index (χ3v) is 5.60. The maximum atomic E-state index is 12.4. The number of nitrogens with one attached hydrogen (secondary N) is 2. The number of aryl methyl sites for hydroxylation is 3. The molecule has 0 bridgehead atoms. The molecule has 0 aliphatic rings. The van der Waals surface area contributed by atoms with Gasteiger partial charge in [-0.1, -0.05) is 41.6 Å². The van der Waals surface area contributed by atoms with E-state index >= 15 is 0 Å². The first kappa shape index (κ1) is 17.5. The number of thioether (sulfide) groups is 1. The molecule has 6 heteroatoms. The molecule has 4 aromatic rings. The number of aromatic nitrogens is 4. The largest absolute Gasteiger partial charge is 0.357 e. The van der Waals surface area contributed by atoms with Crippen LogP contribution >= 0.6 is 11.8 Å². The Labute approximate surface area is 161 Å². The van der Waals surface area contributed by atoms with Crippen LogP contribution in [0.3, 0.4) is 0 Å². The van der Waals surface area contributed by atoms with Gasteiger partial charge in [0.1, 0.15) is 0 Å². The smallest absolute Gasteiger partial charge is 0.209 e. The number of H-pyrrole nitrogens is 2. The van der Waals surface area contributed by atoms with Gasteiger partial charge < -0.3 is 4.98 Å². The minimum atomic E-state index is 0.0397. The summed E-state index contributed by atoms with van der Waals surface area (Å²) >= 11 is 1.50.